The Morgan fingerprint density at radius 3 is 1.37 bits per heavy atom. The summed E-state index contributed by atoms with van der Waals surface area (Å²) < 4.78 is 32.2. The molecule has 178 valence electrons. The molecule has 0 aromatic heterocycles. The monoisotopic (exact) mass is 435 g/mol. The van der Waals surface area contributed by atoms with E-state index in [9.17, 15) is 9.59 Å². The Hall–Kier alpha value is -1.10. The van der Waals surface area contributed by atoms with Gasteiger partial charge in [0.05, 0.1) is 79.3 Å². The smallest absolute Gasteiger partial charge is 0.222 e. The summed E-state index contributed by atoms with van der Waals surface area (Å²) in [5, 5.41) is 2.78. The molecule has 0 heterocycles. The van der Waals surface area contributed by atoms with Gasteiger partial charge < -0.3 is 33.7 Å². The zero-order valence-corrected chi connectivity index (χ0v) is 18.9. The number of rotatable bonds is 23. The first-order chi connectivity index (χ1) is 14.6. The Balaban J connectivity index is 3.08. The molecule has 0 spiro atoms. The van der Waals surface area contributed by atoms with Crippen molar-refractivity contribution in [2.45, 2.75) is 33.6 Å². The van der Waals surface area contributed by atoms with E-state index >= 15 is 0 Å². The van der Waals surface area contributed by atoms with Crippen molar-refractivity contribution >= 4 is 11.7 Å². The molecule has 0 saturated heterocycles. The second-order valence-corrected chi connectivity index (χ2v) is 6.76. The second-order valence-electron chi connectivity index (χ2n) is 6.76. The molecular weight excluding hydrogens is 394 g/mol. The molecule has 0 aliphatic carbocycles. The van der Waals surface area contributed by atoms with Gasteiger partial charge in [0, 0.05) is 25.3 Å². The highest BCUT2D eigenvalue weighted by Crippen LogP contribution is 1.91. The van der Waals surface area contributed by atoms with Crippen molar-refractivity contribution in [3.63, 3.8) is 0 Å². The third-order valence-electron chi connectivity index (χ3n) is 3.85. The van der Waals surface area contributed by atoms with Crippen molar-refractivity contribution in [3.05, 3.63) is 0 Å². The molecule has 0 fully saturated rings. The molecule has 9 heteroatoms. The van der Waals surface area contributed by atoms with Crippen LogP contribution in [0.3, 0.4) is 0 Å². The number of ketones is 1. The Labute approximate surface area is 181 Å². The first kappa shape index (κ1) is 28.9. The predicted octanol–water partition coefficient (Wildman–Crippen LogP) is 1.23. The summed E-state index contributed by atoms with van der Waals surface area (Å²) in [7, 11) is 0. The van der Waals surface area contributed by atoms with Crippen molar-refractivity contribution in [3.8, 4) is 0 Å². The number of hydrogen-bond acceptors (Lipinski definition) is 8. The fourth-order valence-corrected chi connectivity index (χ4v) is 2.01. The van der Waals surface area contributed by atoms with Crippen molar-refractivity contribution in [1.82, 2.24) is 5.32 Å². The number of hydrogen-bond donors (Lipinski definition) is 1. The van der Waals surface area contributed by atoms with Crippen molar-refractivity contribution in [2.24, 2.45) is 5.92 Å². The van der Waals surface area contributed by atoms with E-state index in [0.717, 1.165) is 0 Å². The molecule has 30 heavy (non-hydrogen) atoms. The molecule has 0 radical (unpaired) electrons. The molecular formula is C21H41NO8. The number of ether oxygens (including phenoxy) is 6. The minimum absolute atomic E-state index is 0.00744. The molecule has 9 nitrogen and oxygen atoms in total. The number of nitrogens with one attached hydrogen (secondary N) is 1. The van der Waals surface area contributed by atoms with Crippen LogP contribution < -0.4 is 5.32 Å². The number of carbonyl (C=O) groups excluding carboxylic acids is 2. The Bertz CT molecular complexity index is 406. The van der Waals surface area contributed by atoms with E-state index in [1.54, 1.807) is 0 Å². The topological polar surface area (TPSA) is 102 Å². The summed E-state index contributed by atoms with van der Waals surface area (Å²) in [6.07, 6.45) is 1.03. The predicted molar refractivity (Wildman–Crippen MR) is 113 cm³/mol. The lowest BCUT2D eigenvalue weighted by Crippen LogP contribution is -2.31. The minimum atomic E-state index is -0.00744. The van der Waals surface area contributed by atoms with E-state index in [0.29, 0.717) is 98.7 Å². The average molecular weight is 436 g/mol. The third-order valence-corrected chi connectivity index (χ3v) is 3.85. The maximum Gasteiger partial charge on any atom is 0.222 e. The van der Waals surface area contributed by atoms with Gasteiger partial charge in [-0.2, -0.15) is 0 Å². The Morgan fingerprint density at radius 2 is 1.00 bits per heavy atom. The fraction of sp³-hybridized carbons (Fsp3) is 0.905. The summed E-state index contributed by atoms with van der Waals surface area (Å²) in [5.74, 6) is 0.241. The lowest BCUT2D eigenvalue weighted by Gasteiger charge is -2.09. The molecule has 0 saturated carbocycles. The first-order valence-electron chi connectivity index (χ1n) is 10.8. The SMILES string of the molecule is CCC(=O)CCOCCOCCOCCOCCOCCOCCNC(=O)C(C)C. The zero-order chi connectivity index (χ0) is 22.3. The molecule has 0 unspecified atom stereocenters. The van der Waals surface area contributed by atoms with Crippen LogP contribution in [0.2, 0.25) is 0 Å². The highest BCUT2D eigenvalue weighted by molar-refractivity contribution is 5.78. The number of carbonyl (C=O) groups is 2. The van der Waals surface area contributed by atoms with Crippen LogP contribution in [0.25, 0.3) is 0 Å². The van der Waals surface area contributed by atoms with Gasteiger partial charge in [-0.15, -0.1) is 0 Å². The first-order valence-corrected chi connectivity index (χ1v) is 10.8. The van der Waals surface area contributed by atoms with Crippen LogP contribution in [0.5, 0.6) is 0 Å². The van der Waals surface area contributed by atoms with Gasteiger partial charge in [-0.1, -0.05) is 20.8 Å². The zero-order valence-electron chi connectivity index (χ0n) is 18.9. The van der Waals surface area contributed by atoms with Gasteiger partial charge in [0.15, 0.2) is 0 Å². The van der Waals surface area contributed by atoms with Gasteiger partial charge in [0.25, 0.3) is 0 Å². The van der Waals surface area contributed by atoms with Crippen LogP contribution in [0, 0.1) is 5.92 Å². The largest absolute Gasteiger partial charge is 0.379 e. The Morgan fingerprint density at radius 1 is 0.633 bits per heavy atom. The summed E-state index contributed by atoms with van der Waals surface area (Å²) in [6.45, 7) is 12.0. The maximum atomic E-state index is 11.3. The van der Waals surface area contributed by atoms with Crippen LogP contribution in [-0.2, 0) is 38.0 Å². The van der Waals surface area contributed by atoms with E-state index in [4.69, 9.17) is 28.4 Å². The van der Waals surface area contributed by atoms with Crippen LogP contribution in [0.4, 0.5) is 0 Å². The van der Waals surface area contributed by atoms with E-state index < -0.39 is 0 Å². The van der Waals surface area contributed by atoms with Crippen LogP contribution in [0.15, 0.2) is 0 Å². The van der Waals surface area contributed by atoms with Crippen molar-refractivity contribution in [1.29, 1.82) is 0 Å². The van der Waals surface area contributed by atoms with Gasteiger partial charge in [0.1, 0.15) is 5.78 Å². The summed E-state index contributed by atoms with van der Waals surface area (Å²) in [5.41, 5.74) is 0. The van der Waals surface area contributed by atoms with Gasteiger partial charge in [0.2, 0.25) is 5.91 Å². The van der Waals surface area contributed by atoms with Gasteiger partial charge in [-0.25, -0.2) is 0 Å². The van der Waals surface area contributed by atoms with Crippen molar-refractivity contribution in [2.75, 3.05) is 85.8 Å². The lowest BCUT2D eigenvalue weighted by atomic mass is 10.2. The summed E-state index contributed by atoms with van der Waals surface area (Å²) in [4.78, 5) is 22.4. The lowest BCUT2D eigenvalue weighted by molar-refractivity contribution is -0.124. The summed E-state index contributed by atoms with van der Waals surface area (Å²) >= 11 is 0. The minimum Gasteiger partial charge on any atom is -0.379 e. The molecule has 0 atom stereocenters. The van der Waals surface area contributed by atoms with E-state index in [1.165, 1.54) is 0 Å². The average Bonchev–Trinajstić information content (AvgIpc) is 2.74. The van der Waals surface area contributed by atoms with Gasteiger partial charge in [-0.3, -0.25) is 9.59 Å². The van der Waals surface area contributed by atoms with Crippen LogP contribution >= 0.6 is 0 Å². The maximum absolute atomic E-state index is 11.3. The van der Waals surface area contributed by atoms with E-state index in [-0.39, 0.29) is 17.6 Å². The van der Waals surface area contributed by atoms with E-state index in [2.05, 4.69) is 5.32 Å². The highest BCUT2D eigenvalue weighted by atomic mass is 16.6. The van der Waals surface area contributed by atoms with Gasteiger partial charge in [-0.05, 0) is 0 Å². The molecule has 1 N–H and O–H groups in total. The molecule has 0 aliphatic rings. The molecule has 1 amide bonds. The quantitative estimate of drug-likeness (QED) is 0.239. The summed E-state index contributed by atoms with van der Waals surface area (Å²) in [6, 6.07) is 0. The second kappa shape index (κ2) is 22.6. The van der Waals surface area contributed by atoms with Gasteiger partial charge >= 0.3 is 0 Å². The van der Waals surface area contributed by atoms with Crippen LogP contribution in [-0.4, -0.2) is 97.5 Å². The number of Topliss-reactive ketones (excluding diaryl/α,β-unsaturated/α-hetero) is 1. The third kappa shape index (κ3) is 21.6. The Kier molecular flexibility index (Phi) is 21.8. The fourth-order valence-electron chi connectivity index (χ4n) is 2.01. The molecule has 0 aromatic carbocycles. The molecule has 0 rings (SSSR count). The van der Waals surface area contributed by atoms with Crippen LogP contribution in [0.1, 0.15) is 33.6 Å². The molecule has 0 aliphatic heterocycles. The standard InChI is InChI=1S/C21H41NO8/c1-4-20(23)5-7-25-9-11-27-13-15-29-17-18-30-16-14-28-12-10-26-8-6-22-21(24)19(2)3/h19H,4-18H2,1-3H3,(H,22,24). The molecule has 0 aromatic rings. The highest BCUT2D eigenvalue weighted by Gasteiger charge is 2.04. The molecule has 0 bridgehead atoms. The normalized spacial score (nSPS) is 11.2. The van der Waals surface area contributed by atoms with E-state index in [1.807, 2.05) is 20.8 Å². The number of amides is 1. The van der Waals surface area contributed by atoms with Crippen molar-refractivity contribution < 1.29 is 38.0 Å².